The highest BCUT2D eigenvalue weighted by Gasteiger charge is 2.19. The number of carbonyl (C=O) groups excluding carboxylic acids is 3. The molecule has 0 aliphatic heterocycles. The van der Waals surface area contributed by atoms with Crippen LogP contribution in [0, 0.1) is 5.92 Å². The molecule has 0 heterocycles. The molecule has 0 aromatic carbocycles. The molecule has 0 aliphatic rings. The van der Waals surface area contributed by atoms with E-state index >= 15 is 0 Å². The zero-order valence-corrected chi connectivity index (χ0v) is 36.0. The Morgan fingerprint density at radius 3 is 0.925 bits per heavy atom. The van der Waals surface area contributed by atoms with Crippen molar-refractivity contribution in [1.82, 2.24) is 0 Å². The van der Waals surface area contributed by atoms with Crippen LogP contribution in [0.15, 0.2) is 0 Å². The molecular weight excluding hydrogens is 661 g/mol. The lowest BCUT2D eigenvalue weighted by Crippen LogP contribution is -2.30. The summed E-state index contributed by atoms with van der Waals surface area (Å²) in [4.78, 5) is 37.7. The lowest BCUT2D eigenvalue weighted by molar-refractivity contribution is -0.167. The van der Waals surface area contributed by atoms with E-state index in [0.717, 1.165) is 63.7 Å². The molecule has 314 valence electrons. The van der Waals surface area contributed by atoms with E-state index in [-0.39, 0.29) is 31.1 Å². The van der Waals surface area contributed by atoms with E-state index in [2.05, 4.69) is 27.7 Å². The Hall–Kier alpha value is -1.59. The molecule has 0 aromatic rings. The average molecular weight is 751 g/mol. The van der Waals surface area contributed by atoms with Crippen molar-refractivity contribution in [3.8, 4) is 0 Å². The first-order valence-electron chi connectivity index (χ1n) is 23.4. The Morgan fingerprint density at radius 1 is 0.358 bits per heavy atom. The molecule has 0 saturated carbocycles. The highest BCUT2D eigenvalue weighted by Crippen LogP contribution is 2.16. The minimum absolute atomic E-state index is 0.0641. The van der Waals surface area contributed by atoms with Crippen molar-refractivity contribution in [2.75, 3.05) is 13.2 Å². The van der Waals surface area contributed by atoms with Crippen LogP contribution in [-0.4, -0.2) is 37.2 Å². The van der Waals surface area contributed by atoms with Gasteiger partial charge in [-0.25, -0.2) is 0 Å². The number of rotatable bonds is 42. The van der Waals surface area contributed by atoms with Gasteiger partial charge in [-0.05, 0) is 25.2 Å². The quantitative estimate of drug-likeness (QED) is 0.0351. The predicted octanol–water partition coefficient (Wildman–Crippen LogP) is 14.7. The van der Waals surface area contributed by atoms with Crippen molar-refractivity contribution in [2.24, 2.45) is 5.92 Å². The number of carbonyl (C=O) groups is 3. The molecule has 6 heteroatoms. The van der Waals surface area contributed by atoms with E-state index in [0.29, 0.717) is 19.3 Å². The fourth-order valence-corrected chi connectivity index (χ4v) is 6.98. The van der Waals surface area contributed by atoms with E-state index in [4.69, 9.17) is 14.2 Å². The molecule has 0 unspecified atom stereocenters. The number of ether oxygens (including phenoxy) is 3. The first kappa shape index (κ1) is 51.4. The molecular formula is C47H90O6. The molecule has 0 aliphatic carbocycles. The SMILES string of the molecule is CCCCCCCCCCCCCCCCCC(=O)OC[C@H](COC(=O)CCCCCCCCCC(C)C)OC(=O)CCCCCCCCCCCC. The van der Waals surface area contributed by atoms with Crippen molar-refractivity contribution >= 4 is 17.9 Å². The molecule has 1 atom stereocenters. The summed E-state index contributed by atoms with van der Waals surface area (Å²) in [6.45, 7) is 8.94. The second-order valence-corrected chi connectivity index (χ2v) is 16.5. The molecule has 0 saturated heterocycles. The molecule has 0 aromatic heterocycles. The summed E-state index contributed by atoms with van der Waals surface area (Å²) in [6.07, 6.45) is 40.9. The molecule has 0 radical (unpaired) electrons. The minimum atomic E-state index is -0.759. The number of unbranched alkanes of at least 4 members (excludes halogenated alkanes) is 29. The van der Waals surface area contributed by atoms with Crippen LogP contribution < -0.4 is 0 Å². The first-order valence-corrected chi connectivity index (χ1v) is 23.4. The van der Waals surface area contributed by atoms with Gasteiger partial charge in [0.1, 0.15) is 13.2 Å². The summed E-state index contributed by atoms with van der Waals surface area (Å²) in [7, 11) is 0. The van der Waals surface area contributed by atoms with E-state index in [9.17, 15) is 14.4 Å². The highest BCUT2D eigenvalue weighted by atomic mass is 16.6. The zero-order valence-electron chi connectivity index (χ0n) is 36.0. The summed E-state index contributed by atoms with van der Waals surface area (Å²) in [5, 5.41) is 0. The number of hydrogen-bond donors (Lipinski definition) is 0. The van der Waals surface area contributed by atoms with Crippen LogP contribution in [0.3, 0.4) is 0 Å². The Morgan fingerprint density at radius 2 is 0.623 bits per heavy atom. The van der Waals surface area contributed by atoms with Crippen LogP contribution in [0.25, 0.3) is 0 Å². The van der Waals surface area contributed by atoms with Crippen LogP contribution in [0.2, 0.25) is 0 Å². The lowest BCUT2D eigenvalue weighted by atomic mass is 10.0. The number of esters is 3. The summed E-state index contributed by atoms with van der Waals surface area (Å²) in [5.41, 5.74) is 0. The molecule has 0 N–H and O–H groups in total. The van der Waals surface area contributed by atoms with Gasteiger partial charge in [-0.3, -0.25) is 14.4 Å². The van der Waals surface area contributed by atoms with Crippen molar-refractivity contribution in [3.63, 3.8) is 0 Å². The molecule has 0 spiro atoms. The van der Waals surface area contributed by atoms with Crippen LogP contribution in [-0.2, 0) is 28.6 Å². The summed E-state index contributed by atoms with van der Waals surface area (Å²) in [5.74, 6) is -0.0744. The molecule has 0 bridgehead atoms. The van der Waals surface area contributed by atoms with Gasteiger partial charge in [0.15, 0.2) is 6.10 Å². The average Bonchev–Trinajstić information content (AvgIpc) is 3.14. The maximum Gasteiger partial charge on any atom is 0.306 e. The van der Waals surface area contributed by atoms with Gasteiger partial charge in [0.05, 0.1) is 0 Å². The van der Waals surface area contributed by atoms with E-state index in [1.807, 2.05) is 0 Å². The molecule has 53 heavy (non-hydrogen) atoms. The second kappa shape index (κ2) is 41.6. The smallest absolute Gasteiger partial charge is 0.306 e. The van der Waals surface area contributed by atoms with Crippen molar-refractivity contribution in [3.05, 3.63) is 0 Å². The third-order valence-corrected chi connectivity index (χ3v) is 10.5. The molecule has 0 rings (SSSR count). The van der Waals surface area contributed by atoms with Crippen LogP contribution >= 0.6 is 0 Å². The topological polar surface area (TPSA) is 78.9 Å². The standard InChI is InChI=1S/C47H90O6/c1-5-7-9-11-13-15-17-18-19-20-21-23-26-30-34-38-45(48)51-41-44(53-47(50)40-36-32-27-22-16-14-12-10-8-6-2)42-52-46(49)39-35-31-28-24-25-29-33-37-43(3)4/h43-44H,5-42H2,1-4H3/t44-/m1/s1. The van der Waals surface area contributed by atoms with Crippen molar-refractivity contribution in [1.29, 1.82) is 0 Å². The fourth-order valence-electron chi connectivity index (χ4n) is 6.98. The summed E-state index contributed by atoms with van der Waals surface area (Å²) >= 11 is 0. The second-order valence-electron chi connectivity index (χ2n) is 16.5. The Kier molecular flexibility index (Phi) is 40.3. The van der Waals surface area contributed by atoms with Gasteiger partial charge in [-0.2, -0.15) is 0 Å². The van der Waals surface area contributed by atoms with E-state index < -0.39 is 6.10 Å². The van der Waals surface area contributed by atoms with Gasteiger partial charge in [0, 0.05) is 19.3 Å². The maximum atomic E-state index is 12.7. The van der Waals surface area contributed by atoms with Gasteiger partial charge in [0.25, 0.3) is 0 Å². The fraction of sp³-hybridized carbons (Fsp3) is 0.936. The van der Waals surface area contributed by atoms with E-state index in [1.54, 1.807) is 0 Å². The monoisotopic (exact) mass is 751 g/mol. The third-order valence-electron chi connectivity index (χ3n) is 10.5. The van der Waals surface area contributed by atoms with E-state index in [1.165, 1.54) is 154 Å². The molecule has 6 nitrogen and oxygen atoms in total. The Balaban J connectivity index is 4.28. The third kappa shape index (κ3) is 41.4. The van der Waals surface area contributed by atoms with Crippen LogP contribution in [0.5, 0.6) is 0 Å². The molecule has 0 fully saturated rings. The van der Waals surface area contributed by atoms with Crippen LogP contribution in [0.1, 0.15) is 259 Å². The Bertz CT molecular complexity index is 796. The largest absolute Gasteiger partial charge is 0.462 e. The molecule has 0 amide bonds. The Labute approximate surface area is 329 Å². The highest BCUT2D eigenvalue weighted by molar-refractivity contribution is 5.71. The predicted molar refractivity (Wildman–Crippen MR) is 224 cm³/mol. The van der Waals surface area contributed by atoms with Gasteiger partial charge < -0.3 is 14.2 Å². The normalized spacial score (nSPS) is 11.9. The van der Waals surface area contributed by atoms with Gasteiger partial charge >= 0.3 is 17.9 Å². The van der Waals surface area contributed by atoms with Gasteiger partial charge in [-0.1, -0.05) is 220 Å². The lowest BCUT2D eigenvalue weighted by Gasteiger charge is -2.18. The van der Waals surface area contributed by atoms with Gasteiger partial charge in [-0.15, -0.1) is 0 Å². The summed E-state index contributed by atoms with van der Waals surface area (Å²) < 4.78 is 16.7. The number of hydrogen-bond acceptors (Lipinski definition) is 6. The van der Waals surface area contributed by atoms with Gasteiger partial charge in [0.2, 0.25) is 0 Å². The van der Waals surface area contributed by atoms with Crippen molar-refractivity contribution in [2.45, 2.75) is 265 Å². The minimum Gasteiger partial charge on any atom is -0.462 e. The van der Waals surface area contributed by atoms with Crippen molar-refractivity contribution < 1.29 is 28.6 Å². The first-order chi connectivity index (χ1) is 25.9. The maximum absolute atomic E-state index is 12.7. The zero-order chi connectivity index (χ0) is 38.9. The summed E-state index contributed by atoms with van der Waals surface area (Å²) in [6, 6.07) is 0. The van der Waals surface area contributed by atoms with Crippen LogP contribution in [0.4, 0.5) is 0 Å².